The van der Waals surface area contributed by atoms with Crippen LogP contribution in [0.25, 0.3) is 0 Å². The molecule has 25 heavy (non-hydrogen) atoms. The summed E-state index contributed by atoms with van der Waals surface area (Å²) in [6.07, 6.45) is 6.63. The smallest absolute Gasteiger partial charge is 0.307 e. The van der Waals surface area contributed by atoms with Crippen LogP contribution < -0.4 is 0 Å². The molecule has 140 valence electrons. The highest BCUT2D eigenvalue weighted by Gasteiger charge is 2.55. The van der Waals surface area contributed by atoms with Crippen LogP contribution in [0, 0.1) is 17.3 Å². The Hall–Kier alpha value is -1.65. The second kappa shape index (κ2) is 8.15. The van der Waals surface area contributed by atoms with Crippen LogP contribution in [0.15, 0.2) is 12.2 Å². The molecule has 1 saturated heterocycles. The van der Waals surface area contributed by atoms with Crippen molar-refractivity contribution in [3.63, 3.8) is 0 Å². The second-order valence-corrected chi connectivity index (χ2v) is 8.05. The van der Waals surface area contributed by atoms with Crippen LogP contribution in [0.3, 0.4) is 0 Å². The molecule has 5 heteroatoms. The van der Waals surface area contributed by atoms with Crippen molar-refractivity contribution in [1.29, 1.82) is 0 Å². The molecular formula is C20H30O5. The van der Waals surface area contributed by atoms with Gasteiger partial charge in [-0.25, -0.2) is 0 Å². The maximum Gasteiger partial charge on any atom is 0.307 e. The molecule has 1 heterocycles. The Kier molecular flexibility index (Phi) is 6.42. The van der Waals surface area contributed by atoms with Gasteiger partial charge in [-0.2, -0.15) is 0 Å². The molecule has 0 radical (unpaired) electrons. The number of allylic oxidation sites excluding steroid dienone is 1. The second-order valence-electron chi connectivity index (χ2n) is 8.05. The van der Waals surface area contributed by atoms with Gasteiger partial charge in [-0.05, 0) is 30.4 Å². The number of cyclic esters (lactones) is 1. The van der Waals surface area contributed by atoms with Gasteiger partial charge in [0.1, 0.15) is 12.2 Å². The average molecular weight is 350 g/mol. The molecule has 1 spiro atoms. The predicted molar refractivity (Wildman–Crippen MR) is 93.7 cm³/mol. The van der Waals surface area contributed by atoms with Crippen molar-refractivity contribution < 1.29 is 23.9 Å². The minimum atomic E-state index is -0.877. The molecule has 2 aliphatic rings. The number of esters is 2. The molecule has 5 nitrogen and oxygen atoms in total. The van der Waals surface area contributed by atoms with E-state index in [0.717, 1.165) is 12.8 Å². The Morgan fingerprint density at radius 3 is 2.68 bits per heavy atom. The molecule has 0 aromatic carbocycles. The Labute approximate surface area is 150 Å². The summed E-state index contributed by atoms with van der Waals surface area (Å²) in [6, 6.07) is 0. The van der Waals surface area contributed by atoms with Crippen molar-refractivity contribution in [1.82, 2.24) is 0 Å². The first kappa shape index (κ1) is 19.7. The number of rotatable bonds is 7. The van der Waals surface area contributed by atoms with E-state index in [9.17, 15) is 14.4 Å². The van der Waals surface area contributed by atoms with Crippen molar-refractivity contribution in [3.8, 4) is 0 Å². The molecule has 2 rings (SSSR count). The summed E-state index contributed by atoms with van der Waals surface area (Å²) in [4.78, 5) is 35.9. The summed E-state index contributed by atoms with van der Waals surface area (Å²) in [5.74, 6) is 0.253. The lowest BCUT2D eigenvalue weighted by molar-refractivity contribution is -0.150. The van der Waals surface area contributed by atoms with Crippen molar-refractivity contribution in [2.45, 2.75) is 78.4 Å². The van der Waals surface area contributed by atoms with Gasteiger partial charge in [0.25, 0.3) is 0 Å². The van der Waals surface area contributed by atoms with Crippen LogP contribution in [0.4, 0.5) is 0 Å². The zero-order valence-electron chi connectivity index (χ0n) is 15.7. The van der Waals surface area contributed by atoms with E-state index in [4.69, 9.17) is 9.47 Å². The van der Waals surface area contributed by atoms with E-state index in [2.05, 4.69) is 20.8 Å². The normalized spacial score (nSPS) is 30.0. The van der Waals surface area contributed by atoms with Gasteiger partial charge in [-0.15, -0.1) is 0 Å². The monoisotopic (exact) mass is 350 g/mol. The zero-order valence-corrected chi connectivity index (χ0v) is 15.7. The summed E-state index contributed by atoms with van der Waals surface area (Å²) in [7, 11) is 0. The molecule has 1 aliphatic carbocycles. The number of hydrogen-bond acceptors (Lipinski definition) is 5. The third-order valence-electron chi connectivity index (χ3n) is 5.28. The van der Waals surface area contributed by atoms with Gasteiger partial charge in [-0.3, -0.25) is 14.4 Å². The standard InChI is InChI=1S/C20H30O5/c1-13(2)6-5-7-14(3)10-18-20(12-19(23)25-18)11-16(24-15(4)21)8-9-17(20)22/h8-9,13-14,16,18H,5-7,10-12H2,1-4H3/t14?,16-,18-,20+/m1/s1. The van der Waals surface area contributed by atoms with Gasteiger partial charge >= 0.3 is 11.9 Å². The SMILES string of the molecule is CC(=O)O[C@@H]1C=CC(=O)[C@@]2(CC(=O)O[C@@H]2CC(C)CCCC(C)C)C1. The zero-order chi connectivity index (χ0) is 18.6. The van der Waals surface area contributed by atoms with E-state index in [1.165, 1.54) is 19.4 Å². The van der Waals surface area contributed by atoms with Gasteiger partial charge < -0.3 is 9.47 Å². The molecule has 0 bridgehead atoms. The highest BCUT2D eigenvalue weighted by atomic mass is 16.6. The Balaban J connectivity index is 2.06. The highest BCUT2D eigenvalue weighted by molar-refractivity contribution is 6.00. The van der Waals surface area contributed by atoms with Crippen LogP contribution in [-0.2, 0) is 23.9 Å². The minimum absolute atomic E-state index is 0.0807. The molecule has 0 aromatic heterocycles. The summed E-state index contributed by atoms with van der Waals surface area (Å²) in [6.45, 7) is 7.91. The summed E-state index contributed by atoms with van der Waals surface area (Å²) in [5.41, 5.74) is -0.877. The molecular weight excluding hydrogens is 320 g/mol. The van der Waals surface area contributed by atoms with Crippen LogP contribution in [-0.4, -0.2) is 29.9 Å². The largest absolute Gasteiger partial charge is 0.461 e. The van der Waals surface area contributed by atoms with Gasteiger partial charge in [0.15, 0.2) is 5.78 Å². The van der Waals surface area contributed by atoms with Gasteiger partial charge in [0.05, 0.1) is 11.8 Å². The first-order chi connectivity index (χ1) is 11.7. The van der Waals surface area contributed by atoms with Gasteiger partial charge in [-0.1, -0.05) is 40.0 Å². The summed E-state index contributed by atoms with van der Waals surface area (Å²) >= 11 is 0. The third kappa shape index (κ3) is 4.93. The van der Waals surface area contributed by atoms with Crippen molar-refractivity contribution >= 4 is 17.7 Å². The Morgan fingerprint density at radius 2 is 2.04 bits per heavy atom. The lowest BCUT2D eigenvalue weighted by atomic mass is 9.68. The van der Waals surface area contributed by atoms with E-state index in [-0.39, 0.29) is 24.1 Å². The first-order valence-electron chi connectivity index (χ1n) is 9.32. The number of hydrogen-bond donors (Lipinski definition) is 0. The predicted octanol–water partition coefficient (Wildman–Crippen LogP) is 3.60. The summed E-state index contributed by atoms with van der Waals surface area (Å²) in [5, 5.41) is 0. The summed E-state index contributed by atoms with van der Waals surface area (Å²) < 4.78 is 10.8. The third-order valence-corrected chi connectivity index (χ3v) is 5.28. The van der Waals surface area contributed by atoms with Gasteiger partial charge in [0, 0.05) is 13.3 Å². The maximum atomic E-state index is 12.6. The van der Waals surface area contributed by atoms with E-state index >= 15 is 0 Å². The highest BCUT2D eigenvalue weighted by Crippen LogP contribution is 2.46. The molecule has 1 unspecified atom stereocenters. The number of carbonyl (C=O) groups excluding carboxylic acids is 3. The fourth-order valence-electron chi connectivity index (χ4n) is 3.95. The van der Waals surface area contributed by atoms with E-state index in [1.54, 1.807) is 6.08 Å². The number of ketones is 1. The molecule has 4 atom stereocenters. The molecule has 1 aliphatic heterocycles. The molecule has 0 aromatic rings. The lowest BCUT2D eigenvalue weighted by Gasteiger charge is -2.36. The molecule has 0 amide bonds. The van der Waals surface area contributed by atoms with Crippen LogP contribution in [0.5, 0.6) is 0 Å². The van der Waals surface area contributed by atoms with E-state index < -0.39 is 17.6 Å². The fraction of sp³-hybridized carbons (Fsp3) is 0.750. The fourth-order valence-corrected chi connectivity index (χ4v) is 3.95. The van der Waals surface area contributed by atoms with Crippen LogP contribution >= 0.6 is 0 Å². The van der Waals surface area contributed by atoms with E-state index in [1.807, 2.05) is 0 Å². The number of carbonyl (C=O) groups is 3. The Bertz CT molecular complexity index is 550. The number of ether oxygens (including phenoxy) is 2. The van der Waals surface area contributed by atoms with Gasteiger partial charge in [0.2, 0.25) is 0 Å². The quantitative estimate of drug-likeness (QED) is 0.656. The van der Waals surface area contributed by atoms with E-state index in [0.29, 0.717) is 24.7 Å². The van der Waals surface area contributed by atoms with Crippen molar-refractivity contribution in [2.24, 2.45) is 17.3 Å². The molecule has 1 fully saturated rings. The maximum absolute atomic E-state index is 12.6. The van der Waals surface area contributed by atoms with Crippen LogP contribution in [0.1, 0.15) is 66.2 Å². The molecule has 0 saturated carbocycles. The molecule has 0 N–H and O–H groups in total. The van der Waals surface area contributed by atoms with Crippen LogP contribution in [0.2, 0.25) is 0 Å². The Morgan fingerprint density at radius 1 is 1.32 bits per heavy atom. The lowest BCUT2D eigenvalue weighted by Crippen LogP contribution is -2.44. The van der Waals surface area contributed by atoms with Crippen molar-refractivity contribution in [3.05, 3.63) is 12.2 Å². The first-order valence-corrected chi connectivity index (χ1v) is 9.32. The minimum Gasteiger partial charge on any atom is -0.461 e. The van der Waals surface area contributed by atoms with Crippen molar-refractivity contribution in [2.75, 3.05) is 0 Å². The average Bonchev–Trinajstić information content (AvgIpc) is 2.78. The topological polar surface area (TPSA) is 69.7 Å².